The van der Waals surface area contributed by atoms with Gasteiger partial charge in [0.2, 0.25) is 5.67 Å². The predicted octanol–water partition coefficient (Wildman–Crippen LogP) is 6.43. The van der Waals surface area contributed by atoms with Crippen molar-refractivity contribution in [3.63, 3.8) is 0 Å². The van der Waals surface area contributed by atoms with Gasteiger partial charge in [0, 0.05) is 10.0 Å². The van der Waals surface area contributed by atoms with Gasteiger partial charge in [0.05, 0.1) is 12.2 Å². The minimum absolute atomic E-state index is 0.188. The number of hydrogen-bond donors (Lipinski definition) is 1. The molecule has 0 saturated carbocycles. The minimum Gasteiger partial charge on any atom is -0.444 e. The van der Waals surface area contributed by atoms with Crippen molar-refractivity contribution < 1.29 is 18.7 Å². The van der Waals surface area contributed by atoms with Crippen molar-refractivity contribution in [2.45, 2.75) is 44.6 Å². The second kappa shape index (κ2) is 9.22. The summed E-state index contributed by atoms with van der Waals surface area (Å²) in [6, 6.07) is 21.9. The van der Waals surface area contributed by atoms with E-state index in [1.54, 1.807) is 69.3 Å². The maximum Gasteiger partial charge on any atom is 0.408 e. The standard InChI is InChI=1S/C27H26BrFN2O3/c1-26(2,3)34-25(33)30-23(19-12-8-5-9-13-19)27(29)21-16-20(28)14-15-22(21)31(24(27)32)17-18-10-6-4-7-11-18/h4-16,23H,17H2,1-3H3,(H,30,33)/t23-,27-/m0/s1. The third-order valence-electron chi connectivity index (χ3n) is 5.57. The second-order valence-electron chi connectivity index (χ2n) is 9.24. The lowest BCUT2D eigenvalue weighted by Gasteiger charge is -2.32. The van der Waals surface area contributed by atoms with Gasteiger partial charge in [-0.2, -0.15) is 0 Å². The molecule has 1 N–H and O–H groups in total. The molecule has 0 spiro atoms. The van der Waals surface area contributed by atoms with Crippen molar-refractivity contribution in [1.82, 2.24) is 5.32 Å². The van der Waals surface area contributed by atoms with Gasteiger partial charge in [0.1, 0.15) is 11.6 Å². The van der Waals surface area contributed by atoms with Gasteiger partial charge in [-0.1, -0.05) is 76.6 Å². The number of anilines is 1. The number of amides is 2. The number of alkyl carbamates (subject to hydrolysis) is 1. The van der Waals surface area contributed by atoms with Crippen LogP contribution in [0.25, 0.3) is 0 Å². The Morgan fingerprint density at radius 1 is 1.06 bits per heavy atom. The summed E-state index contributed by atoms with van der Waals surface area (Å²) in [5.41, 5.74) is -1.36. The van der Waals surface area contributed by atoms with Crippen LogP contribution in [-0.4, -0.2) is 17.6 Å². The van der Waals surface area contributed by atoms with Gasteiger partial charge in [0.15, 0.2) is 0 Å². The highest BCUT2D eigenvalue weighted by Gasteiger charge is 2.58. The van der Waals surface area contributed by atoms with Crippen LogP contribution in [0.1, 0.15) is 43.5 Å². The van der Waals surface area contributed by atoms with E-state index in [2.05, 4.69) is 21.2 Å². The summed E-state index contributed by atoms with van der Waals surface area (Å²) in [7, 11) is 0. The molecule has 2 atom stereocenters. The first-order valence-electron chi connectivity index (χ1n) is 11.0. The van der Waals surface area contributed by atoms with Gasteiger partial charge >= 0.3 is 6.09 Å². The molecule has 1 heterocycles. The summed E-state index contributed by atoms with van der Waals surface area (Å²) < 4.78 is 23.3. The first kappa shape index (κ1) is 24.0. The second-order valence-corrected chi connectivity index (χ2v) is 10.2. The van der Waals surface area contributed by atoms with E-state index < -0.39 is 29.3 Å². The molecule has 0 unspecified atom stereocenters. The number of hydrogen-bond acceptors (Lipinski definition) is 3. The topological polar surface area (TPSA) is 58.6 Å². The van der Waals surface area contributed by atoms with Crippen LogP contribution in [0.2, 0.25) is 0 Å². The molecule has 0 radical (unpaired) electrons. The lowest BCUT2D eigenvalue weighted by atomic mass is 9.85. The number of fused-ring (bicyclic) bond motifs is 1. The Morgan fingerprint density at radius 2 is 1.68 bits per heavy atom. The number of carbonyl (C=O) groups excluding carboxylic acids is 2. The molecule has 3 aromatic rings. The zero-order valence-electron chi connectivity index (χ0n) is 19.2. The molecule has 0 aliphatic carbocycles. The Labute approximate surface area is 207 Å². The molecule has 7 heteroatoms. The van der Waals surface area contributed by atoms with Crippen LogP contribution in [0.5, 0.6) is 0 Å². The molecule has 0 fully saturated rings. The van der Waals surface area contributed by atoms with Gasteiger partial charge < -0.3 is 15.0 Å². The van der Waals surface area contributed by atoms with E-state index in [4.69, 9.17) is 4.74 Å². The number of halogens is 2. The summed E-state index contributed by atoms with van der Waals surface area (Å²) in [6.45, 7) is 5.38. The van der Waals surface area contributed by atoms with Crippen molar-refractivity contribution in [3.8, 4) is 0 Å². The highest BCUT2D eigenvalue weighted by molar-refractivity contribution is 9.10. The molecule has 5 nitrogen and oxygen atoms in total. The number of carbonyl (C=O) groups is 2. The summed E-state index contributed by atoms with van der Waals surface area (Å²) in [5, 5.41) is 2.65. The van der Waals surface area contributed by atoms with Crippen molar-refractivity contribution in [3.05, 3.63) is 100 Å². The monoisotopic (exact) mass is 524 g/mol. The molecule has 0 aromatic heterocycles. The average molecular weight is 525 g/mol. The Hall–Kier alpha value is -3.19. The lowest BCUT2D eigenvalue weighted by molar-refractivity contribution is -0.131. The molecule has 1 aliphatic heterocycles. The zero-order chi connectivity index (χ0) is 24.5. The molecule has 0 saturated heterocycles. The lowest BCUT2D eigenvalue weighted by Crippen LogP contribution is -2.48. The van der Waals surface area contributed by atoms with Crippen LogP contribution in [0.3, 0.4) is 0 Å². The normalized spacial score (nSPS) is 18.4. The van der Waals surface area contributed by atoms with Crippen LogP contribution in [-0.2, 0) is 21.7 Å². The number of nitrogens with zero attached hydrogens (tertiary/aromatic N) is 1. The fourth-order valence-electron chi connectivity index (χ4n) is 4.14. The van der Waals surface area contributed by atoms with E-state index in [0.29, 0.717) is 15.7 Å². The molecule has 1 aliphatic rings. The van der Waals surface area contributed by atoms with Gasteiger partial charge in [-0.3, -0.25) is 4.79 Å². The van der Waals surface area contributed by atoms with E-state index >= 15 is 4.39 Å². The summed E-state index contributed by atoms with van der Waals surface area (Å²) in [5.74, 6) is -0.741. The largest absolute Gasteiger partial charge is 0.444 e. The molecule has 3 aromatic carbocycles. The molecule has 176 valence electrons. The Bertz CT molecular complexity index is 1200. The first-order valence-corrected chi connectivity index (χ1v) is 11.8. The van der Waals surface area contributed by atoms with Crippen LogP contribution in [0, 0.1) is 0 Å². The highest BCUT2D eigenvalue weighted by atomic mass is 79.9. The highest BCUT2D eigenvalue weighted by Crippen LogP contribution is 2.51. The maximum atomic E-state index is 17.3. The minimum atomic E-state index is -2.55. The van der Waals surface area contributed by atoms with E-state index in [-0.39, 0.29) is 12.1 Å². The number of alkyl halides is 1. The van der Waals surface area contributed by atoms with Crippen molar-refractivity contribution in [2.75, 3.05) is 4.90 Å². The van der Waals surface area contributed by atoms with Crippen LogP contribution < -0.4 is 10.2 Å². The average Bonchev–Trinajstić information content (AvgIpc) is 2.99. The quantitative estimate of drug-likeness (QED) is 0.418. The molecule has 34 heavy (non-hydrogen) atoms. The van der Waals surface area contributed by atoms with E-state index in [0.717, 1.165) is 5.56 Å². The summed E-state index contributed by atoms with van der Waals surface area (Å²) >= 11 is 3.41. The van der Waals surface area contributed by atoms with Crippen molar-refractivity contribution >= 4 is 33.6 Å². The fraction of sp³-hybridized carbons (Fsp3) is 0.259. The van der Waals surface area contributed by atoms with Crippen molar-refractivity contribution in [1.29, 1.82) is 0 Å². The van der Waals surface area contributed by atoms with Crippen LogP contribution in [0.4, 0.5) is 14.9 Å². The molecule has 2 amide bonds. The van der Waals surface area contributed by atoms with Gasteiger partial charge in [0.25, 0.3) is 5.91 Å². The molecule has 0 bridgehead atoms. The van der Waals surface area contributed by atoms with E-state index in [9.17, 15) is 9.59 Å². The fourth-order valence-corrected chi connectivity index (χ4v) is 4.50. The third-order valence-corrected chi connectivity index (χ3v) is 6.07. The number of nitrogens with one attached hydrogen (secondary N) is 1. The van der Waals surface area contributed by atoms with Gasteiger partial charge in [-0.05, 0) is 50.1 Å². The SMILES string of the molecule is CC(C)(C)OC(=O)N[C@@H](c1ccccc1)[C@]1(F)C(=O)N(Cc2ccccc2)c2ccc(Br)cc21. The third kappa shape index (κ3) is 4.71. The summed E-state index contributed by atoms with van der Waals surface area (Å²) in [6.07, 6.45) is -0.802. The Balaban J connectivity index is 1.82. The molecule has 4 rings (SSSR count). The number of benzene rings is 3. The molecular weight excluding hydrogens is 499 g/mol. The smallest absolute Gasteiger partial charge is 0.408 e. The number of ether oxygens (including phenoxy) is 1. The van der Waals surface area contributed by atoms with Crippen LogP contribution >= 0.6 is 15.9 Å². The number of rotatable bonds is 5. The van der Waals surface area contributed by atoms with Crippen LogP contribution in [0.15, 0.2) is 83.3 Å². The van der Waals surface area contributed by atoms with Crippen molar-refractivity contribution in [2.24, 2.45) is 0 Å². The Kier molecular flexibility index (Phi) is 6.49. The van der Waals surface area contributed by atoms with Gasteiger partial charge in [-0.25, -0.2) is 9.18 Å². The predicted molar refractivity (Wildman–Crippen MR) is 133 cm³/mol. The maximum absolute atomic E-state index is 17.3. The zero-order valence-corrected chi connectivity index (χ0v) is 20.8. The van der Waals surface area contributed by atoms with E-state index in [1.807, 2.05) is 30.3 Å². The molecular formula is C27H26BrFN2O3. The summed E-state index contributed by atoms with van der Waals surface area (Å²) in [4.78, 5) is 28.0. The van der Waals surface area contributed by atoms with Gasteiger partial charge in [-0.15, -0.1) is 0 Å². The Morgan fingerprint density at radius 3 is 2.29 bits per heavy atom. The van der Waals surface area contributed by atoms with E-state index in [1.165, 1.54) is 4.90 Å². The first-order chi connectivity index (χ1) is 16.1.